The van der Waals surface area contributed by atoms with Crippen LogP contribution in [0.5, 0.6) is 0 Å². The molecule has 2 rings (SSSR count). The maximum Gasteiger partial charge on any atom is 0.351 e. The van der Waals surface area contributed by atoms with Gasteiger partial charge in [-0.3, -0.25) is 10.6 Å². The Hall–Kier alpha value is -2.35. The molecule has 1 unspecified atom stereocenters. The minimum atomic E-state index is -4.43. The van der Waals surface area contributed by atoms with E-state index in [0.29, 0.717) is 4.90 Å². The smallest absolute Gasteiger partial charge is 0.351 e. The maximum atomic E-state index is 15.3. The molecule has 5 N–H and O–H groups in total. The molecule has 0 spiro atoms. The maximum absolute atomic E-state index is 15.3. The topological polar surface area (TPSA) is 161 Å². The molecule has 0 aromatic heterocycles. The highest BCUT2D eigenvalue weighted by atomic mass is 19.3. The number of esters is 2. The van der Waals surface area contributed by atoms with Crippen molar-refractivity contribution < 1.29 is 47.6 Å². The monoisotopic (exact) mass is 465 g/mol. The van der Waals surface area contributed by atoms with E-state index >= 15 is 8.78 Å². The number of hydrogen-bond donors (Lipinski definition) is 4. The van der Waals surface area contributed by atoms with Crippen molar-refractivity contribution in [2.24, 2.45) is 5.73 Å². The Morgan fingerprint density at radius 3 is 2.12 bits per heavy atom. The predicted molar refractivity (Wildman–Crippen MR) is 104 cm³/mol. The lowest BCUT2D eigenvalue weighted by molar-refractivity contribution is -0.220. The highest BCUT2D eigenvalue weighted by Gasteiger charge is 2.76. The Labute approximate surface area is 183 Å². The van der Waals surface area contributed by atoms with Crippen molar-refractivity contribution in [3.05, 3.63) is 12.3 Å². The number of hydrogen-bond acceptors (Lipinski definition) is 9. The van der Waals surface area contributed by atoms with Crippen LogP contribution < -0.4 is 11.1 Å². The summed E-state index contributed by atoms with van der Waals surface area (Å²) in [6.45, 7) is 7.70. The molecule has 13 heteroatoms. The fourth-order valence-corrected chi connectivity index (χ4v) is 3.00. The van der Waals surface area contributed by atoms with Crippen molar-refractivity contribution in [3.8, 4) is 0 Å². The molecule has 0 aromatic carbocycles. The van der Waals surface area contributed by atoms with Crippen molar-refractivity contribution in [1.82, 2.24) is 10.2 Å². The first-order valence-electron chi connectivity index (χ1n) is 9.70. The van der Waals surface area contributed by atoms with Crippen LogP contribution in [0, 0.1) is 0 Å². The third-order valence-electron chi connectivity index (χ3n) is 4.49. The summed E-state index contributed by atoms with van der Waals surface area (Å²) in [6, 6.07) is -1.30. The van der Waals surface area contributed by atoms with E-state index in [4.69, 9.17) is 19.9 Å². The second-order valence-corrected chi connectivity index (χ2v) is 9.57. The molecule has 2 aliphatic heterocycles. The van der Waals surface area contributed by atoms with Crippen LogP contribution >= 0.6 is 0 Å². The summed E-state index contributed by atoms with van der Waals surface area (Å²) >= 11 is 0. The fourth-order valence-electron chi connectivity index (χ4n) is 3.00. The number of carbonyl (C=O) groups is 3. The van der Waals surface area contributed by atoms with Crippen molar-refractivity contribution in [1.29, 1.82) is 0 Å². The molecule has 4 atom stereocenters. The van der Waals surface area contributed by atoms with Gasteiger partial charge in [0.15, 0.2) is 0 Å². The summed E-state index contributed by atoms with van der Waals surface area (Å²) in [5, 5.41) is 22.1. The number of nitrogens with zero attached hydrogens (tertiary/aromatic N) is 1. The Bertz CT molecular complexity index is 822. The zero-order chi connectivity index (χ0) is 24.9. The standard InChI is InChI=1S/C19H29F2N3O8/c1-15(2,3)31-12(26)17(22)7-8-24(14(28)23-17)11-19(20,21)18(29,10(9-25)30-11)13(27)32-16(4,5)6/h7-8,10-11,25,29H,9,22H2,1-6H3,(H,23,28)/t10-,11-,17?,18+/m1/s1. The molecule has 0 radical (unpaired) electrons. The molecular formula is C19H29F2N3O8. The highest BCUT2D eigenvalue weighted by Crippen LogP contribution is 2.47. The van der Waals surface area contributed by atoms with E-state index in [1.54, 1.807) is 20.8 Å². The molecule has 0 aromatic rings. The number of halogens is 2. The minimum absolute atomic E-state index is 0.306. The first-order chi connectivity index (χ1) is 14.3. The summed E-state index contributed by atoms with van der Waals surface area (Å²) < 4.78 is 45.6. The molecule has 2 amide bonds. The number of alkyl halides is 2. The van der Waals surface area contributed by atoms with E-state index in [1.807, 2.05) is 5.32 Å². The molecule has 32 heavy (non-hydrogen) atoms. The van der Waals surface area contributed by atoms with Crippen molar-refractivity contribution >= 4 is 18.0 Å². The van der Waals surface area contributed by atoms with Crippen LogP contribution in [-0.2, 0) is 23.8 Å². The average molecular weight is 465 g/mol. The van der Waals surface area contributed by atoms with Crippen LogP contribution in [0.4, 0.5) is 13.6 Å². The largest absolute Gasteiger partial charge is 0.458 e. The Kier molecular flexibility index (Phi) is 6.40. The highest BCUT2D eigenvalue weighted by molar-refractivity contribution is 5.91. The summed E-state index contributed by atoms with van der Waals surface area (Å²) in [5.41, 5.74) is -2.11. The Morgan fingerprint density at radius 1 is 1.19 bits per heavy atom. The number of rotatable bonds is 4. The van der Waals surface area contributed by atoms with E-state index in [0.717, 1.165) is 12.3 Å². The normalized spacial score (nSPS) is 32.5. The molecule has 11 nitrogen and oxygen atoms in total. The van der Waals surface area contributed by atoms with Crippen molar-refractivity contribution in [2.45, 2.75) is 82.3 Å². The van der Waals surface area contributed by atoms with Gasteiger partial charge in [0.2, 0.25) is 11.9 Å². The Balaban J connectivity index is 2.37. The number of nitrogens with one attached hydrogen (secondary N) is 1. The van der Waals surface area contributed by atoms with Gasteiger partial charge >= 0.3 is 23.9 Å². The fraction of sp³-hybridized carbons (Fsp3) is 0.737. The van der Waals surface area contributed by atoms with Gasteiger partial charge < -0.3 is 29.7 Å². The molecule has 0 aliphatic carbocycles. The van der Waals surface area contributed by atoms with Crippen LogP contribution in [0.1, 0.15) is 41.5 Å². The van der Waals surface area contributed by atoms with Crippen LogP contribution in [0.3, 0.4) is 0 Å². The van der Waals surface area contributed by atoms with Crippen LogP contribution in [0.25, 0.3) is 0 Å². The lowest BCUT2D eigenvalue weighted by Crippen LogP contribution is -2.69. The zero-order valence-electron chi connectivity index (χ0n) is 18.6. The Morgan fingerprint density at radius 2 is 1.69 bits per heavy atom. The summed E-state index contributed by atoms with van der Waals surface area (Å²) in [6.07, 6.45) is -3.01. The molecule has 182 valence electrons. The number of ether oxygens (including phenoxy) is 3. The van der Waals surface area contributed by atoms with Gasteiger partial charge in [-0.1, -0.05) is 0 Å². The number of amides is 2. The zero-order valence-corrected chi connectivity index (χ0v) is 18.6. The van der Waals surface area contributed by atoms with Crippen molar-refractivity contribution in [2.75, 3.05) is 6.61 Å². The quantitative estimate of drug-likeness (QED) is 0.417. The summed E-state index contributed by atoms with van der Waals surface area (Å²) in [5.74, 6) is -7.21. The van der Waals surface area contributed by atoms with E-state index in [2.05, 4.69) is 0 Å². The van der Waals surface area contributed by atoms with Crippen LogP contribution in [0.2, 0.25) is 0 Å². The molecule has 1 saturated heterocycles. The summed E-state index contributed by atoms with van der Waals surface area (Å²) in [7, 11) is 0. The number of carbonyl (C=O) groups excluding carboxylic acids is 3. The van der Waals surface area contributed by atoms with E-state index < -0.39 is 65.3 Å². The molecule has 2 aliphatic rings. The average Bonchev–Trinajstić information content (AvgIpc) is 2.80. The molecule has 2 heterocycles. The molecule has 1 fully saturated rings. The van der Waals surface area contributed by atoms with E-state index in [9.17, 15) is 24.6 Å². The van der Waals surface area contributed by atoms with Gasteiger partial charge in [0.25, 0.3) is 5.60 Å². The third kappa shape index (κ3) is 4.56. The third-order valence-corrected chi connectivity index (χ3v) is 4.49. The van der Waals surface area contributed by atoms with Gasteiger partial charge in [-0.15, -0.1) is 0 Å². The summed E-state index contributed by atoms with van der Waals surface area (Å²) in [4.78, 5) is 37.6. The van der Waals surface area contributed by atoms with Gasteiger partial charge in [-0.05, 0) is 47.6 Å². The predicted octanol–water partition coefficient (Wildman–Crippen LogP) is -0.0527. The first kappa shape index (κ1) is 25.9. The van der Waals surface area contributed by atoms with Crippen LogP contribution in [0.15, 0.2) is 12.3 Å². The molecular weight excluding hydrogens is 436 g/mol. The van der Waals surface area contributed by atoms with Crippen molar-refractivity contribution in [3.63, 3.8) is 0 Å². The first-order valence-corrected chi connectivity index (χ1v) is 9.70. The SMILES string of the molecule is CC(C)(C)OC(=O)C1(N)C=CN([C@@H]2O[C@H](CO)[C@](O)(C(=O)OC(C)(C)C)C2(F)F)C(=O)N1. The van der Waals surface area contributed by atoms with Gasteiger partial charge in [-0.25, -0.2) is 14.4 Å². The second-order valence-electron chi connectivity index (χ2n) is 9.57. The second kappa shape index (κ2) is 7.90. The van der Waals surface area contributed by atoms with Gasteiger partial charge in [0, 0.05) is 6.20 Å². The number of aliphatic hydroxyl groups is 2. The van der Waals surface area contributed by atoms with E-state index in [1.165, 1.54) is 20.8 Å². The number of urea groups is 1. The van der Waals surface area contributed by atoms with Gasteiger partial charge in [0.1, 0.15) is 17.3 Å². The lowest BCUT2D eigenvalue weighted by Gasteiger charge is -2.38. The minimum Gasteiger partial charge on any atom is -0.458 e. The van der Waals surface area contributed by atoms with Gasteiger partial charge in [0.05, 0.1) is 6.61 Å². The molecule has 0 bridgehead atoms. The van der Waals surface area contributed by atoms with E-state index in [-0.39, 0.29) is 0 Å². The molecule has 0 saturated carbocycles. The number of nitrogens with two attached hydrogens (primary N) is 1. The van der Waals surface area contributed by atoms with Gasteiger partial charge in [-0.2, -0.15) is 8.78 Å². The van der Waals surface area contributed by atoms with Crippen LogP contribution in [-0.4, -0.2) is 80.4 Å². The number of aliphatic hydroxyl groups excluding tert-OH is 1. The lowest BCUT2D eigenvalue weighted by atomic mass is 9.90.